The molecule has 0 radical (unpaired) electrons. The third-order valence-electron chi connectivity index (χ3n) is 2.08. The van der Waals surface area contributed by atoms with E-state index in [1.807, 2.05) is 30.3 Å². The lowest BCUT2D eigenvalue weighted by molar-refractivity contribution is 0.631. The summed E-state index contributed by atoms with van der Waals surface area (Å²) in [5.41, 5.74) is 6.31. The first-order valence-corrected chi connectivity index (χ1v) is 5.18. The highest BCUT2D eigenvalue weighted by Gasteiger charge is 2.09. The normalized spacial score (nSPS) is 10.9. The van der Waals surface area contributed by atoms with Gasteiger partial charge >= 0.3 is 0 Å². The number of anilines is 1. The molecule has 0 spiro atoms. The van der Waals surface area contributed by atoms with Crippen molar-refractivity contribution in [3.8, 4) is 10.8 Å². The third-order valence-corrected chi connectivity index (χ3v) is 2.82. The van der Waals surface area contributed by atoms with Crippen LogP contribution in [0.4, 0.5) is 5.95 Å². The van der Waals surface area contributed by atoms with E-state index in [4.69, 9.17) is 10.2 Å². The first-order chi connectivity index (χ1) is 7.33. The number of benzene rings is 1. The van der Waals surface area contributed by atoms with Gasteiger partial charge in [-0.05, 0) is 23.7 Å². The molecule has 0 fully saturated rings. The van der Waals surface area contributed by atoms with Gasteiger partial charge in [0.25, 0.3) is 0 Å². The van der Waals surface area contributed by atoms with Gasteiger partial charge in [-0.2, -0.15) is 9.36 Å². The van der Waals surface area contributed by atoms with Crippen LogP contribution < -0.4 is 5.73 Å². The van der Waals surface area contributed by atoms with Crippen molar-refractivity contribution in [3.63, 3.8) is 0 Å². The van der Waals surface area contributed by atoms with Crippen LogP contribution in [0.25, 0.3) is 21.7 Å². The number of rotatable bonds is 1. The Balaban J connectivity index is 2.19. The Labute approximate surface area is 89.5 Å². The molecule has 0 unspecified atom stereocenters. The smallest absolute Gasteiger partial charge is 0.232 e. The van der Waals surface area contributed by atoms with Crippen LogP contribution in [0.5, 0.6) is 0 Å². The molecule has 0 saturated carbocycles. The molecule has 2 aromatic heterocycles. The number of nitrogen functional groups attached to an aromatic ring is 1. The van der Waals surface area contributed by atoms with Gasteiger partial charge in [-0.1, -0.05) is 18.2 Å². The fraction of sp³-hybridized carbons (Fsp3) is 0. The summed E-state index contributed by atoms with van der Waals surface area (Å²) in [5, 5.41) is 1.77. The van der Waals surface area contributed by atoms with Crippen LogP contribution in [-0.2, 0) is 0 Å². The number of hydrogen-bond acceptors (Lipinski definition) is 5. The quantitative estimate of drug-likeness (QED) is 0.680. The maximum Gasteiger partial charge on any atom is 0.232 e. The number of nitrogens with two attached hydrogens (primary N) is 1. The predicted molar refractivity (Wildman–Crippen MR) is 59.5 cm³/mol. The van der Waals surface area contributed by atoms with E-state index in [1.54, 1.807) is 0 Å². The molecule has 0 atom stereocenters. The molecule has 2 N–H and O–H groups in total. The average Bonchev–Trinajstić information content (AvgIpc) is 2.82. The summed E-state index contributed by atoms with van der Waals surface area (Å²) in [6.07, 6.45) is 0. The summed E-state index contributed by atoms with van der Waals surface area (Å²) in [4.78, 5) is 4.07. The molecule has 3 rings (SSSR count). The minimum Gasteiger partial charge on any atom is -0.453 e. The highest BCUT2D eigenvalue weighted by molar-refractivity contribution is 7.09. The van der Waals surface area contributed by atoms with E-state index in [-0.39, 0.29) is 5.95 Å². The molecular weight excluding hydrogens is 210 g/mol. The topological polar surface area (TPSA) is 64.9 Å². The molecule has 0 amide bonds. The zero-order chi connectivity index (χ0) is 10.3. The van der Waals surface area contributed by atoms with E-state index in [0.717, 1.165) is 11.0 Å². The van der Waals surface area contributed by atoms with E-state index < -0.39 is 0 Å². The molecule has 3 aromatic rings. The Kier molecular flexibility index (Phi) is 1.72. The number of furan rings is 1. The lowest BCUT2D eigenvalue weighted by Gasteiger charge is -1.84. The fourth-order valence-corrected chi connectivity index (χ4v) is 1.97. The summed E-state index contributed by atoms with van der Waals surface area (Å²) in [5.74, 6) is 1.00. The Morgan fingerprint density at radius 3 is 2.87 bits per heavy atom. The summed E-state index contributed by atoms with van der Waals surface area (Å²) >= 11 is 1.24. The summed E-state index contributed by atoms with van der Waals surface area (Å²) in [6.45, 7) is 0. The van der Waals surface area contributed by atoms with Crippen LogP contribution in [0.15, 0.2) is 34.7 Å². The maximum atomic E-state index is 5.62. The fourth-order valence-electron chi connectivity index (χ4n) is 1.42. The van der Waals surface area contributed by atoms with Crippen molar-refractivity contribution < 1.29 is 4.42 Å². The van der Waals surface area contributed by atoms with Gasteiger partial charge in [0.1, 0.15) is 5.58 Å². The minimum atomic E-state index is 0.287. The lowest BCUT2D eigenvalue weighted by Crippen LogP contribution is -1.84. The Morgan fingerprint density at radius 1 is 1.27 bits per heavy atom. The second kappa shape index (κ2) is 3.06. The molecule has 1 aromatic carbocycles. The predicted octanol–water partition coefficient (Wildman–Crippen LogP) is 2.53. The Bertz CT molecular complexity index is 581. The van der Waals surface area contributed by atoms with Crippen LogP contribution in [0, 0.1) is 0 Å². The highest BCUT2D eigenvalue weighted by Crippen LogP contribution is 2.28. The third kappa shape index (κ3) is 1.37. The highest BCUT2D eigenvalue weighted by atomic mass is 32.1. The molecule has 15 heavy (non-hydrogen) atoms. The Morgan fingerprint density at radius 2 is 2.13 bits per heavy atom. The van der Waals surface area contributed by atoms with E-state index in [0.29, 0.717) is 10.8 Å². The van der Waals surface area contributed by atoms with Crippen LogP contribution in [-0.4, -0.2) is 9.36 Å². The minimum absolute atomic E-state index is 0.287. The summed E-state index contributed by atoms with van der Waals surface area (Å²) < 4.78 is 9.53. The van der Waals surface area contributed by atoms with Crippen molar-refractivity contribution in [2.75, 3.05) is 5.73 Å². The van der Waals surface area contributed by atoms with Crippen molar-refractivity contribution in [3.05, 3.63) is 30.3 Å². The summed E-state index contributed by atoms with van der Waals surface area (Å²) in [6, 6.07) is 9.76. The molecule has 0 aliphatic rings. The first-order valence-electron chi connectivity index (χ1n) is 4.41. The number of hydrogen-bond donors (Lipinski definition) is 1. The number of aromatic nitrogens is 2. The molecule has 0 aliphatic carbocycles. The number of para-hydroxylation sites is 1. The van der Waals surface area contributed by atoms with E-state index in [1.165, 1.54) is 11.5 Å². The summed E-state index contributed by atoms with van der Waals surface area (Å²) in [7, 11) is 0. The van der Waals surface area contributed by atoms with Gasteiger partial charge in [-0.15, -0.1) is 0 Å². The second-order valence-electron chi connectivity index (χ2n) is 3.11. The van der Waals surface area contributed by atoms with Gasteiger partial charge in [0.2, 0.25) is 5.95 Å². The van der Waals surface area contributed by atoms with E-state index in [2.05, 4.69) is 9.36 Å². The SMILES string of the molecule is Nc1nsc(-c2cc3ccccc3o2)n1. The van der Waals surface area contributed by atoms with Crippen LogP contribution in [0.3, 0.4) is 0 Å². The van der Waals surface area contributed by atoms with Crippen molar-refractivity contribution in [1.82, 2.24) is 9.36 Å². The molecule has 0 bridgehead atoms. The van der Waals surface area contributed by atoms with Gasteiger partial charge in [-0.25, -0.2) is 0 Å². The van der Waals surface area contributed by atoms with Gasteiger partial charge in [-0.3, -0.25) is 0 Å². The van der Waals surface area contributed by atoms with E-state index >= 15 is 0 Å². The van der Waals surface area contributed by atoms with Crippen molar-refractivity contribution in [1.29, 1.82) is 0 Å². The van der Waals surface area contributed by atoms with Crippen LogP contribution in [0.1, 0.15) is 0 Å². The van der Waals surface area contributed by atoms with Gasteiger partial charge in [0.15, 0.2) is 10.8 Å². The van der Waals surface area contributed by atoms with Gasteiger partial charge in [0, 0.05) is 5.39 Å². The molecule has 4 nitrogen and oxygen atoms in total. The molecule has 0 aliphatic heterocycles. The average molecular weight is 217 g/mol. The van der Waals surface area contributed by atoms with Crippen molar-refractivity contribution in [2.24, 2.45) is 0 Å². The Hall–Kier alpha value is -1.88. The number of fused-ring (bicyclic) bond motifs is 1. The largest absolute Gasteiger partial charge is 0.453 e. The van der Waals surface area contributed by atoms with Crippen molar-refractivity contribution in [2.45, 2.75) is 0 Å². The van der Waals surface area contributed by atoms with Gasteiger partial charge < -0.3 is 10.2 Å². The maximum absolute atomic E-state index is 5.62. The van der Waals surface area contributed by atoms with Crippen LogP contribution >= 0.6 is 11.5 Å². The zero-order valence-electron chi connectivity index (χ0n) is 7.68. The second-order valence-corrected chi connectivity index (χ2v) is 3.86. The molecule has 5 heteroatoms. The van der Waals surface area contributed by atoms with Crippen LogP contribution in [0.2, 0.25) is 0 Å². The standard InChI is InChI=1S/C10H7N3OS/c11-10-12-9(15-13-10)8-5-6-3-1-2-4-7(6)14-8/h1-5H,(H2,11,13). The lowest BCUT2D eigenvalue weighted by atomic mass is 10.2. The number of nitrogens with zero attached hydrogens (tertiary/aromatic N) is 2. The molecule has 2 heterocycles. The zero-order valence-corrected chi connectivity index (χ0v) is 8.49. The molecule has 0 saturated heterocycles. The van der Waals surface area contributed by atoms with E-state index in [9.17, 15) is 0 Å². The molecule has 74 valence electrons. The first kappa shape index (κ1) is 8.43. The van der Waals surface area contributed by atoms with Crippen molar-refractivity contribution >= 4 is 28.5 Å². The monoisotopic (exact) mass is 217 g/mol. The van der Waals surface area contributed by atoms with Gasteiger partial charge in [0.05, 0.1) is 0 Å². The molecular formula is C10H7N3OS.